The predicted molar refractivity (Wildman–Crippen MR) is 156 cm³/mol. The number of ether oxygens (including phenoxy) is 2. The van der Waals surface area contributed by atoms with E-state index in [9.17, 15) is 24.3 Å². The number of alkyl carbamates (subject to hydrolysis) is 1. The number of hydrogen-bond donors (Lipinski definition) is 3. The van der Waals surface area contributed by atoms with Crippen LogP contribution in [0.3, 0.4) is 0 Å². The minimum absolute atomic E-state index is 0.00764. The van der Waals surface area contributed by atoms with Crippen molar-refractivity contribution in [3.8, 4) is 6.08 Å². The smallest absolute Gasteiger partial charge is 0.408 e. The van der Waals surface area contributed by atoms with Crippen LogP contribution in [0.5, 0.6) is 6.08 Å². The lowest BCUT2D eigenvalue weighted by molar-refractivity contribution is -0.145. The first-order chi connectivity index (χ1) is 20.3. The Balaban J connectivity index is 1.42. The Hall–Kier alpha value is -3.80. The molecule has 1 aliphatic carbocycles. The summed E-state index contributed by atoms with van der Waals surface area (Å²) in [4.78, 5) is 58.4. The minimum Gasteiger partial charge on any atom is -0.479 e. The first kappa shape index (κ1) is 30.7. The van der Waals surface area contributed by atoms with Gasteiger partial charge in [-0.3, -0.25) is 9.59 Å². The molecule has 3 amide bonds. The van der Waals surface area contributed by atoms with Gasteiger partial charge in [0.15, 0.2) is 5.58 Å². The number of aliphatic carboxylic acids is 1. The number of rotatable bonds is 4. The van der Waals surface area contributed by atoms with Gasteiger partial charge in [-0.15, -0.1) is 0 Å². The van der Waals surface area contributed by atoms with Crippen LogP contribution in [0.1, 0.15) is 65.7 Å². The molecule has 2 fully saturated rings. The second-order valence-corrected chi connectivity index (χ2v) is 12.9. The van der Waals surface area contributed by atoms with Gasteiger partial charge in [0.25, 0.3) is 0 Å². The lowest BCUT2D eigenvalue weighted by atomic mass is 10.0. The number of allylic oxidation sites excluding steroid dienone is 1. The number of carbonyl (C=O) groups excluding carboxylic acids is 3. The van der Waals surface area contributed by atoms with Crippen LogP contribution in [-0.4, -0.2) is 74.7 Å². The molecule has 1 aromatic carbocycles. The summed E-state index contributed by atoms with van der Waals surface area (Å²) in [7, 11) is 0. The highest BCUT2D eigenvalue weighted by atomic mass is 35.5. The number of oxazole rings is 1. The van der Waals surface area contributed by atoms with Gasteiger partial charge in [-0.05, 0) is 58.6 Å². The van der Waals surface area contributed by atoms with Gasteiger partial charge in [0.05, 0.1) is 6.54 Å². The van der Waals surface area contributed by atoms with Crippen LogP contribution in [0.2, 0.25) is 5.02 Å². The summed E-state index contributed by atoms with van der Waals surface area (Å²) in [5, 5.41) is 15.9. The molecule has 1 saturated heterocycles. The number of carboxylic acid groups (broad SMARTS) is 1. The van der Waals surface area contributed by atoms with Gasteiger partial charge < -0.3 is 34.5 Å². The molecule has 5 atom stereocenters. The Morgan fingerprint density at radius 1 is 1.23 bits per heavy atom. The number of nitrogens with one attached hydrogen (secondary N) is 2. The first-order valence-electron chi connectivity index (χ1n) is 14.6. The van der Waals surface area contributed by atoms with Crippen molar-refractivity contribution in [2.24, 2.45) is 5.92 Å². The molecular weight excluding hydrogens is 580 g/mol. The lowest BCUT2D eigenvalue weighted by Gasteiger charge is -2.30. The maximum absolute atomic E-state index is 14.0. The number of amides is 3. The number of halogens is 1. The highest BCUT2D eigenvalue weighted by molar-refractivity contribution is 6.31. The molecule has 0 spiro atoms. The molecule has 1 saturated carbocycles. The van der Waals surface area contributed by atoms with E-state index in [2.05, 4.69) is 15.6 Å². The van der Waals surface area contributed by atoms with Crippen molar-refractivity contribution in [3.63, 3.8) is 0 Å². The van der Waals surface area contributed by atoms with Crippen molar-refractivity contribution in [2.45, 2.75) is 95.0 Å². The van der Waals surface area contributed by atoms with Crippen molar-refractivity contribution >= 4 is 46.6 Å². The number of carboxylic acids is 1. The minimum atomic E-state index is -1.44. The second kappa shape index (κ2) is 12.1. The van der Waals surface area contributed by atoms with E-state index in [0.717, 1.165) is 19.3 Å². The topological polar surface area (TPSA) is 160 Å². The maximum Gasteiger partial charge on any atom is 0.408 e. The van der Waals surface area contributed by atoms with E-state index in [1.165, 1.54) is 4.90 Å². The molecule has 3 aliphatic rings. The average Bonchev–Trinajstić information content (AvgIpc) is 3.23. The zero-order valence-electron chi connectivity index (χ0n) is 24.4. The molecule has 12 nitrogen and oxygen atoms in total. The molecule has 1 aromatic heterocycles. The van der Waals surface area contributed by atoms with E-state index in [1.807, 2.05) is 12.2 Å². The van der Waals surface area contributed by atoms with Crippen LogP contribution in [0.15, 0.2) is 34.8 Å². The molecule has 43 heavy (non-hydrogen) atoms. The molecule has 5 rings (SSSR count). The van der Waals surface area contributed by atoms with Gasteiger partial charge in [-0.2, -0.15) is 4.98 Å². The zero-order valence-corrected chi connectivity index (χ0v) is 25.2. The molecule has 13 heteroatoms. The highest BCUT2D eigenvalue weighted by Crippen LogP contribution is 2.45. The van der Waals surface area contributed by atoms with Crippen LogP contribution >= 0.6 is 11.6 Å². The third kappa shape index (κ3) is 7.06. The van der Waals surface area contributed by atoms with Crippen molar-refractivity contribution in [1.82, 2.24) is 20.5 Å². The Morgan fingerprint density at radius 3 is 2.77 bits per heavy atom. The normalized spacial score (nSPS) is 29.0. The quantitative estimate of drug-likeness (QED) is 0.428. The predicted octanol–water partition coefficient (Wildman–Crippen LogP) is 4.20. The standard InChI is InChI=1S/C30H37ClN4O8/c1-29(2,3)43-27(40)32-21-10-8-6-4-5-7-9-17-15-30(17,26(38)39)34-24(36)22-14-19(16-35(22)25(21)37)41-28-33-20-12-11-18(31)13-23(20)42-28/h7,9,11-13,17,19,21-22H,4-6,8,10,14-16H2,1-3H3,(H,32,40)(H,34,36)(H,38,39)/b9-7-/t17-,19-,21+,22+,30-/m1/s1. The molecule has 0 radical (unpaired) electrons. The fourth-order valence-electron chi connectivity index (χ4n) is 5.67. The number of nitrogens with zero attached hydrogens (tertiary/aromatic N) is 2. The van der Waals surface area contributed by atoms with E-state index in [4.69, 9.17) is 25.5 Å². The molecular formula is C30H37ClN4O8. The Bertz CT molecular complexity index is 1430. The summed E-state index contributed by atoms with van der Waals surface area (Å²) in [5.74, 6) is -2.55. The average molecular weight is 617 g/mol. The molecule has 232 valence electrons. The SMILES string of the molecule is CC(C)(C)OC(=O)N[C@H]1CCCCC/C=C\[C@@H]2C[C@@]2(C(=O)O)NC(=O)[C@@H]2C[C@@H](Oc3nc4ccc(Cl)cc4o3)CN2C1=O. The number of aromatic nitrogens is 1. The fourth-order valence-corrected chi connectivity index (χ4v) is 5.83. The number of hydrogen-bond acceptors (Lipinski definition) is 8. The van der Waals surface area contributed by atoms with Crippen LogP contribution in [0.25, 0.3) is 11.1 Å². The summed E-state index contributed by atoms with van der Waals surface area (Å²) in [6, 6.07) is 2.94. The highest BCUT2D eigenvalue weighted by Gasteiger charge is 2.61. The molecule has 3 N–H and O–H groups in total. The van der Waals surface area contributed by atoms with Crippen LogP contribution in [0.4, 0.5) is 4.79 Å². The Morgan fingerprint density at radius 2 is 2.02 bits per heavy atom. The molecule has 0 bridgehead atoms. The fraction of sp³-hybridized carbons (Fsp3) is 0.567. The monoisotopic (exact) mass is 616 g/mol. The summed E-state index contributed by atoms with van der Waals surface area (Å²) >= 11 is 6.05. The third-order valence-corrected chi connectivity index (χ3v) is 8.15. The summed E-state index contributed by atoms with van der Waals surface area (Å²) in [6.45, 7) is 5.17. The molecule has 3 heterocycles. The van der Waals surface area contributed by atoms with Crippen molar-refractivity contribution in [2.75, 3.05) is 6.54 Å². The first-order valence-corrected chi connectivity index (χ1v) is 15.0. The largest absolute Gasteiger partial charge is 0.479 e. The summed E-state index contributed by atoms with van der Waals surface area (Å²) in [6.07, 6.45) is 6.01. The summed E-state index contributed by atoms with van der Waals surface area (Å²) < 4.78 is 17.1. The van der Waals surface area contributed by atoms with Gasteiger partial charge in [0.2, 0.25) is 11.8 Å². The number of carbonyl (C=O) groups is 4. The van der Waals surface area contributed by atoms with Gasteiger partial charge in [0.1, 0.15) is 34.8 Å². The van der Waals surface area contributed by atoms with E-state index in [-0.39, 0.29) is 31.4 Å². The third-order valence-electron chi connectivity index (χ3n) is 7.91. The van der Waals surface area contributed by atoms with Crippen molar-refractivity contribution in [1.29, 1.82) is 0 Å². The number of benzene rings is 1. The molecule has 2 aliphatic heterocycles. The maximum atomic E-state index is 14.0. The molecule has 2 aromatic rings. The van der Waals surface area contributed by atoms with Crippen LogP contribution < -0.4 is 15.4 Å². The van der Waals surface area contributed by atoms with E-state index in [0.29, 0.717) is 29.0 Å². The van der Waals surface area contributed by atoms with Crippen molar-refractivity contribution in [3.05, 3.63) is 35.4 Å². The van der Waals surface area contributed by atoms with Gasteiger partial charge in [-0.1, -0.05) is 36.6 Å². The lowest BCUT2D eigenvalue weighted by Crippen LogP contribution is -2.56. The summed E-state index contributed by atoms with van der Waals surface area (Å²) in [5.41, 5.74) is -1.26. The Kier molecular flexibility index (Phi) is 8.60. The van der Waals surface area contributed by atoms with Gasteiger partial charge >= 0.3 is 18.1 Å². The van der Waals surface area contributed by atoms with Crippen molar-refractivity contribution < 1.29 is 38.2 Å². The van der Waals surface area contributed by atoms with E-state index < -0.39 is 53.2 Å². The van der Waals surface area contributed by atoms with Crippen LogP contribution in [0, 0.1) is 5.92 Å². The Labute approximate surface area is 254 Å². The second-order valence-electron chi connectivity index (χ2n) is 12.4. The molecule has 0 unspecified atom stereocenters. The van der Waals surface area contributed by atoms with Crippen LogP contribution in [-0.2, 0) is 19.1 Å². The van der Waals surface area contributed by atoms with Gasteiger partial charge in [0, 0.05) is 23.4 Å². The van der Waals surface area contributed by atoms with E-state index >= 15 is 0 Å². The zero-order chi connectivity index (χ0) is 30.9. The number of fused-ring (bicyclic) bond motifs is 3. The van der Waals surface area contributed by atoms with Gasteiger partial charge in [-0.25, -0.2) is 9.59 Å². The van der Waals surface area contributed by atoms with E-state index in [1.54, 1.807) is 39.0 Å².